The van der Waals surface area contributed by atoms with Crippen LogP contribution in [0.15, 0.2) is 53.4 Å². The number of alkyl halides is 1. The molecule has 0 N–H and O–H groups in total. The van der Waals surface area contributed by atoms with Crippen LogP contribution in [0, 0.1) is 5.92 Å². The molecule has 1 unspecified atom stereocenters. The molecule has 0 spiro atoms. The van der Waals surface area contributed by atoms with Gasteiger partial charge < -0.3 is 4.90 Å². The Morgan fingerprint density at radius 2 is 1.79 bits per heavy atom. The maximum Gasteiger partial charge on any atom is 0.182 e. The van der Waals surface area contributed by atoms with E-state index in [0.717, 1.165) is 31.6 Å². The second-order valence-corrected chi connectivity index (χ2v) is 11.0. The fraction of sp³-hybridized carbons (Fsp3) is 0.500. The molecule has 2 atom stereocenters. The first-order valence-corrected chi connectivity index (χ1v) is 12.2. The van der Waals surface area contributed by atoms with E-state index in [1.54, 1.807) is 12.1 Å². The molecule has 29 heavy (non-hydrogen) atoms. The van der Waals surface area contributed by atoms with Gasteiger partial charge in [-0.3, -0.25) is 4.39 Å². The van der Waals surface area contributed by atoms with Crippen LogP contribution >= 0.6 is 0 Å². The molecule has 2 fully saturated rings. The highest BCUT2D eigenvalue weighted by Crippen LogP contribution is 2.59. The minimum atomic E-state index is -3.37. The predicted octanol–water partition coefficient (Wildman–Crippen LogP) is 4.72. The highest BCUT2D eigenvalue weighted by molar-refractivity contribution is 7.90. The molecule has 2 aromatic carbocycles. The molecule has 156 valence electrons. The molecule has 2 aromatic rings. The molecule has 5 heteroatoms. The van der Waals surface area contributed by atoms with Crippen molar-refractivity contribution in [1.82, 2.24) is 4.90 Å². The molecule has 2 aliphatic rings. The SMILES string of the molecule is CC(C)c1ccc(CS(=O)(=O)c2ccc(C34C[C@@H]3CN(CCCF)C4)cc2)cc1. The maximum atomic E-state index is 12.9. The first-order chi connectivity index (χ1) is 13.8. The van der Waals surface area contributed by atoms with Crippen LogP contribution in [0.3, 0.4) is 0 Å². The monoisotopic (exact) mass is 415 g/mol. The number of halogens is 1. The van der Waals surface area contributed by atoms with Gasteiger partial charge >= 0.3 is 0 Å². The molecular formula is C24H30FNO2S. The van der Waals surface area contributed by atoms with Crippen LogP contribution in [0.25, 0.3) is 0 Å². The fourth-order valence-corrected chi connectivity index (χ4v) is 6.13. The highest BCUT2D eigenvalue weighted by Gasteiger charge is 2.60. The Hall–Kier alpha value is -1.72. The van der Waals surface area contributed by atoms with E-state index in [0.29, 0.717) is 23.2 Å². The van der Waals surface area contributed by atoms with Gasteiger partial charge in [0.15, 0.2) is 9.84 Å². The van der Waals surface area contributed by atoms with Gasteiger partial charge in [-0.15, -0.1) is 0 Å². The lowest BCUT2D eigenvalue weighted by atomic mass is 9.95. The number of rotatable bonds is 8. The lowest BCUT2D eigenvalue weighted by Gasteiger charge is -2.20. The van der Waals surface area contributed by atoms with Gasteiger partial charge in [-0.05, 0) is 53.5 Å². The third-order valence-electron chi connectivity index (χ3n) is 6.62. The second kappa shape index (κ2) is 7.84. The van der Waals surface area contributed by atoms with Crippen molar-refractivity contribution in [1.29, 1.82) is 0 Å². The maximum absolute atomic E-state index is 12.9. The largest absolute Gasteiger partial charge is 0.302 e. The molecule has 1 aliphatic carbocycles. The number of hydrogen-bond acceptors (Lipinski definition) is 3. The Labute approximate surface area is 173 Å². The number of sulfone groups is 1. The highest BCUT2D eigenvalue weighted by atomic mass is 32.2. The zero-order valence-electron chi connectivity index (χ0n) is 17.3. The van der Waals surface area contributed by atoms with Gasteiger partial charge in [0.2, 0.25) is 0 Å². The van der Waals surface area contributed by atoms with E-state index in [1.165, 1.54) is 11.1 Å². The molecule has 0 radical (unpaired) electrons. The zero-order valence-corrected chi connectivity index (χ0v) is 18.1. The predicted molar refractivity (Wildman–Crippen MR) is 115 cm³/mol. The zero-order chi connectivity index (χ0) is 20.6. The number of benzene rings is 2. The molecule has 4 rings (SSSR count). The van der Waals surface area contributed by atoms with Gasteiger partial charge in [0.05, 0.1) is 17.3 Å². The van der Waals surface area contributed by atoms with Crippen LogP contribution in [0.1, 0.15) is 49.3 Å². The van der Waals surface area contributed by atoms with Crippen molar-refractivity contribution in [3.8, 4) is 0 Å². The summed E-state index contributed by atoms with van der Waals surface area (Å²) in [6.07, 6.45) is 1.76. The van der Waals surface area contributed by atoms with Crippen molar-refractivity contribution in [2.45, 2.75) is 48.7 Å². The Bertz CT molecular complexity index is 953. The number of likely N-dealkylation sites (tertiary alicyclic amines) is 1. The lowest BCUT2D eigenvalue weighted by Crippen LogP contribution is -2.27. The number of fused-ring (bicyclic) bond motifs is 1. The molecule has 0 aromatic heterocycles. The summed E-state index contributed by atoms with van der Waals surface area (Å²) in [5, 5.41) is 0. The van der Waals surface area contributed by atoms with E-state index >= 15 is 0 Å². The van der Waals surface area contributed by atoms with Crippen LogP contribution in [0.2, 0.25) is 0 Å². The van der Waals surface area contributed by atoms with Crippen LogP contribution in [0.5, 0.6) is 0 Å². The van der Waals surface area contributed by atoms with E-state index in [9.17, 15) is 12.8 Å². The molecule has 0 bridgehead atoms. The Morgan fingerprint density at radius 3 is 2.41 bits per heavy atom. The average molecular weight is 416 g/mol. The van der Waals surface area contributed by atoms with Crippen LogP contribution in [-0.2, 0) is 21.0 Å². The van der Waals surface area contributed by atoms with Crippen molar-refractivity contribution in [3.05, 3.63) is 65.2 Å². The van der Waals surface area contributed by atoms with E-state index < -0.39 is 9.84 Å². The Kier molecular flexibility index (Phi) is 5.56. The minimum Gasteiger partial charge on any atom is -0.302 e. The first-order valence-electron chi connectivity index (χ1n) is 10.5. The van der Waals surface area contributed by atoms with Gasteiger partial charge in [0, 0.05) is 25.0 Å². The molecule has 1 saturated heterocycles. The van der Waals surface area contributed by atoms with Crippen molar-refractivity contribution in [2.24, 2.45) is 5.92 Å². The summed E-state index contributed by atoms with van der Waals surface area (Å²) in [4.78, 5) is 2.73. The van der Waals surface area contributed by atoms with E-state index in [-0.39, 0.29) is 17.8 Å². The summed E-state index contributed by atoms with van der Waals surface area (Å²) in [6, 6.07) is 15.4. The first kappa shape index (κ1) is 20.5. The molecule has 1 heterocycles. The topological polar surface area (TPSA) is 37.4 Å². The summed E-state index contributed by atoms with van der Waals surface area (Å²) >= 11 is 0. The van der Waals surface area contributed by atoms with Gasteiger partial charge in [-0.25, -0.2) is 8.42 Å². The molecule has 0 amide bonds. The smallest absolute Gasteiger partial charge is 0.182 e. The summed E-state index contributed by atoms with van der Waals surface area (Å²) in [6.45, 7) is 6.81. The Balaban J connectivity index is 1.45. The molecule has 3 nitrogen and oxygen atoms in total. The third-order valence-corrected chi connectivity index (χ3v) is 8.32. The van der Waals surface area contributed by atoms with Crippen molar-refractivity contribution < 1.29 is 12.8 Å². The molecule has 1 aliphatic heterocycles. The van der Waals surface area contributed by atoms with E-state index in [1.807, 2.05) is 36.4 Å². The summed E-state index contributed by atoms with van der Waals surface area (Å²) < 4.78 is 38.2. The van der Waals surface area contributed by atoms with E-state index in [2.05, 4.69) is 18.7 Å². The standard InChI is InChI=1S/C24H30FNO2S/c1-18(2)20-6-4-19(5-7-20)16-29(27,28)23-10-8-21(9-11-23)24-14-22(24)15-26(17-24)13-3-12-25/h4-11,18,22H,3,12-17H2,1-2H3/t22-,24?/m1/s1. The Morgan fingerprint density at radius 1 is 1.10 bits per heavy atom. The number of piperidine rings is 1. The summed E-state index contributed by atoms with van der Waals surface area (Å²) in [5.74, 6) is 1.08. The van der Waals surface area contributed by atoms with E-state index in [4.69, 9.17) is 0 Å². The summed E-state index contributed by atoms with van der Waals surface area (Å²) in [7, 11) is -3.37. The quantitative estimate of drug-likeness (QED) is 0.626. The third kappa shape index (κ3) is 4.13. The van der Waals surface area contributed by atoms with Gasteiger partial charge in [0.1, 0.15) is 0 Å². The van der Waals surface area contributed by atoms with Crippen molar-refractivity contribution >= 4 is 9.84 Å². The van der Waals surface area contributed by atoms with Crippen LogP contribution < -0.4 is 0 Å². The fourth-order valence-electron chi connectivity index (χ4n) is 4.78. The van der Waals surface area contributed by atoms with Crippen molar-refractivity contribution in [2.75, 3.05) is 26.3 Å². The molecule has 1 saturated carbocycles. The normalized spacial score (nSPS) is 24.1. The van der Waals surface area contributed by atoms with Crippen LogP contribution in [0.4, 0.5) is 4.39 Å². The average Bonchev–Trinajstić information content (AvgIpc) is 3.28. The van der Waals surface area contributed by atoms with Gasteiger partial charge in [0.25, 0.3) is 0 Å². The van der Waals surface area contributed by atoms with Crippen LogP contribution in [-0.4, -0.2) is 39.6 Å². The number of hydrogen-bond donors (Lipinski definition) is 0. The van der Waals surface area contributed by atoms with Gasteiger partial charge in [-0.2, -0.15) is 0 Å². The molecular weight excluding hydrogens is 385 g/mol. The van der Waals surface area contributed by atoms with Gasteiger partial charge in [-0.1, -0.05) is 50.2 Å². The number of nitrogens with zero attached hydrogens (tertiary/aromatic N) is 1. The van der Waals surface area contributed by atoms with Crippen molar-refractivity contribution in [3.63, 3.8) is 0 Å². The summed E-state index contributed by atoms with van der Waals surface area (Å²) in [5.41, 5.74) is 3.42. The minimum absolute atomic E-state index is 0.0233. The lowest BCUT2D eigenvalue weighted by molar-refractivity contribution is 0.280. The second-order valence-electron chi connectivity index (χ2n) is 9.01.